The fraction of sp³-hybridized carbons (Fsp3) is 0.385. The first-order valence-corrected chi connectivity index (χ1v) is 5.24. The highest BCUT2D eigenvalue weighted by atomic mass is 19.4. The summed E-state index contributed by atoms with van der Waals surface area (Å²) in [6.45, 7) is 3.84. The molecule has 108 valence electrons. The van der Waals surface area contributed by atoms with Gasteiger partial charge < -0.3 is 0 Å². The highest BCUT2D eigenvalue weighted by molar-refractivity contribution is 5.45. The lowest BCUT2D eigenvalue weighted by atomic mass is 9.92. The lowest BCUT2D eigenvalue weighted by molar-refractivity contribution is -0.327. The number of halogens is 6. The molecular formula is C13H14F6. The van der Waals surface area contributed by atoms with Crippen LogP contribution in [-0.2, 0) is 0 Å². The van der Waals surface area contributed by atoms with Gasteiger partial charge in [0.1, 0.15) is 0 Å². The molecule has 0 fully saturated rings. The smallest absolute Gasteiger partial charge is 0.170 e. The first-order chi connectivity index (χ1) is 8.43. The van der Waals surface area contributed by atoms with Crippen LogP contribution in [0.2, 0.25) is 0 Å². The fourth-order valence-corrected chi connectivity index (χ4v) is 0.750. The monoisotopic (exact) mass is 284 g/mol. The minimum absolute atomic E-state index is 0.104. The van der Waals surface area contributed by atoms with Crippen LogP contribution in [0.15, 0.2) is 36.9 Å². The zero-order chi connectivity index (χ0) is 15.3. The van der Waals surface area contributed by atoms with Crippen molar-refractivity contribution in [2.45, 2.75) is 26.2 Å². The van der Waals surface area contributed by atoms with Gasteiger partial charge in [-0.3, -0.25) is 0 Å². The summed E-state index contributed by atoms with van der Waals surface area (Å²) in [6.07, 6.45) is -8.66. The number of benzene rings is 1. The van der Waals surface area contributed by atoms with Crippen LogP contribution in [0.1, 0.15) is 19.4 Å². The molecule has 0 aliphatic rings. The van der Waals surface area contributed by atoms with Gasteiger partial charge >= 0.3 is 12.4 Å². The van der Waals surface area contributed by atoms with E-state index in [4.69, 9.17) is 0 Å². The van der Waals surface area contributed by atoms with Crippen LogP contribution in [0.3, 0.4) is 0 Å². The second-order valence-electron chi connectivity index (χ2n) is 4.24. The highest BCUT2D eigenvalue weighted by Crippen LogP contribution is 2.49. The minimum atomic E-state index is -5.24. The Hall–Kier alpha value is -1.46. The van der Waals surface area contributed by atoms with Gasteiger partial charge in [0.25, 0.3) is 0 Å². The van der Waals surface area contributed by atoms with Crippen molar-refractivity contribution >= 4 is 6.08 Å². The number of hydrogen-bond donors (Lipinski definition) is 0. The van der Waals surface area contributed by atoms with Crippen LogP contribution in [0.25, 0.3) is 6.08 Å². The molecule has 0 aliphatic heterocycles. The van der Waals surface area contributed by atoms with Crippen LogP contribution in [-0.4, -0.2) is 12.4 Å². The molecule has 0 saturated carbocycles. The Bertz CT molecular complexity index is 370. The van der Waals surface area contributed by atoms with Crippen molar-refractivity contribution < 1.29 is 26.3 Å². The van der Waals surface area contributed by atoms with Crippen LogP contribution in [0, 0.1) is 5.41 Å². The van der Waals surface area contributed by atoms with Crippen molar-refractivity contribution in [2.24, 2.45) is 5.41 Å². The first kappa shape index (κ1) is 17.5. The van der Waals surface area contributed by atoms with Gasteiger partial charge in [-0.15, -0.1) is 0 Å². The van der Waals surface area contributed by atoms with Gasteiger partial charge in [-0.25, -0.2) is 0 Å². The Morgan fingerprint density at radius 3 is 1.37 bits per heavy atom. The number of rotatable bonds is 1. The van der Waals surface area contributed by atoms with Crippen molar-refractivity contribution in [3.05, 3.63) is 42.5 Å². The maximum Gasteiger partial charge on any atom is 0.402 e. The van der Waals surface area contributed by atoms with Crippen molar-refractivity contribution in [1.29, 1.82) is 0 Å². The van der Waals surface area contributed by atoms with Crippen molar-refractivity contribution in [2.75, 3.05) is 0 Å². The molecule has 1 rings (SSSR count). The average Bonchev–Trinajstić information content (AvgIpc) is 2.28. The summed E-state index contributed by atoms with van der Waals surface area (Å²) in [5.74, 6) is 0. The van der Waals surface area contributed by atoms with Crippen molar-refractivity contribution in [3.8, 4) is 0 Å². The molecule has 0 radical (unpaired) electrons. The van der Waals surface area contributed by atoms with Gasteiger partial charge in [0.2, 0.25) is 0 Å². The zero-order valence-corrected chi connectivity index (χ0v) is 10.4. The molecular weight excluding hydrogens is 270 g/mol. The second-order valence-corrected chi connectivity index (χ2v) is 4.24. The first-order valence-electron chi connectivity index (χ1n) is 5.24. The summed E-state index contributed by atoms with van der Waals surface area (Å²) >= 11 is 0. The second kappa shape index (κ2) is 6.12. The van der Waals surface area contributed by atoms with Crippen LogP contribution < -0.4 is 0 Å². The summed E-state index contributed by atoms with van der Waals surface area (Å²) in [6, 6.07) is 10.0. The largest absolute Gasteiger partial charge is 0.402 e. The Labute approximate surface area is 107 Å². The van der Waals surface area contributed by atoms with E-state index in [1.807, 2.05) is 36.4 Å². The number of hydrogen-bond acceptors (Lipinski definition) is 0. The van der Waals surface area contributed by atoms with Crippen LogP contribution in [0.5, 0.6) is 0 Å². The van der Waals surface area contributed by atoms with Gasteiger partial charge in [-0.1, -0.05) is 43.0 Å². The number of alkyl halides is 6. The molecule has 0 nitrogen and oxygen atoms in total. The molecule has 0 saturated heterocycles. The highest BCUT2D eigenvalue weighted by Gasteiger charge is 2.64. The summed E-state index contributed by atoms with van der Waals surface area (Å²) in [5, 5.41) is 0. The van der Waals surface area contributed by atoms with Crippen molar-refractivity contribution in [3.63, 3.8) is 0 Å². The molecule has 0 spiro atoms. The third-order valence-corrected chi connectivity index (χ3v) is 2.45. The molecule has 1 aromatic rings. The van der Waals surface area contributed by atoms with Gasteiger partial charge in [-0.2, -0.15) is 26.3 Å². The molecule has 0 N–H and O–H groups in total. The summed E-state index contributed by atoms with van der Waals surface area (Å²) in [5.41, 5.74) is -2.45. The topological polar surface area (TPSA) is 0 Å². The van der Waals surface area contributed by atoms with Gasteiger partial charge in [0.15, 0.2) is 5.41 Å². The molecule has 0 bridgehead atoms. The van der Waals surface area contributed by atoms with Crippen LogP contribution >= 0.6 is 0 Å². The molecule has 19 heavy (non-hydrogen) atoms. The van der Waals surface area contributed by atoms with E-state index in [9.17, 15) is 26.3 Å². The molecule has 0 aliphatic carbocycles. The Morgan fingerprint density at radius 1 is 0.842 bits per heavy atom. The molecule has 0 aromatic heterocycles. The lowest BCUT2D eigenvalue weighted by Crippen LogP contribution is -2.44. The fourth-order valence-electron chi connectivity index (χ4n) is 0.750. The maximum atomic E-state index is 11.6. The van der Waals surface area contributed by atoms with E-state index in [-0.39, 0.29) is 13.8 Å². The summed E-state index contributed by atoms with van der Waals surface area (Å²) in [4.78, 5) is 0. The maximum absolute atomic E-state index is 11.6. The molecule has 0 amide bonds. The Morgan fingerprint density at radius 2 is 1.21 bits per heavy atom. The summed E-state index contributed by atoms with van der Waals surface area (Å²) < 4.78 is 69.7. The molecule has 0 unspecified atom stereocenters. The van der Waals surface area contributed by atoms with E-state index in [1.54, 1.807) is 0 Å². The van der Waals surface area contributed by atoms with Gasteiger partial charge in [0.05, 0.1) is 0 Å². The molecule has 6 heteroatoms. The lowest BCUT2D eigenvalue weighted by Gasteiger charge is -2.29. The third-order valence-electron chi connectivity index (χ3n) is 2.45. The van der Waals surface area contributed by atoms with E-state index in [0.717, 1.165) is 0 Å². The standard InChI is InChI=1S/C8H8.C5H6F6/c1-2-8-6-4-3-5-7-8;1-3(2,4(6,7)8)5(9,10)11/h2-7H,1H2;1-2H3. The van der Waals surface area contributed by atoms with E-state index in [2.05, 4.69) is 6.58 Å². The van der Waals surface area contributed by atoms with E-state index in [1.165, 1.54) is 5.56 Å². The Balaban J connectivity index is 0.000000356. The van der Waals surface area contributed by atoms with E-state index >= 15 is 0 Å². The predicted octanol–water partition coefficient (Wildman–Crippen LogP) is 5.47. The Kier molecular flexibility index (Phi) is 5.65. The normalized spacial score (nSPS) is 12.4. The zero-order valence-electron chi connectivity index (χ0n) is 10.4. The SMILES string of the molecule is C=Cc1ccccc1.CC(C)(C(F)(F)F)C(F)(F)F. The third kappa shape index (κ3) is 4.96. The average molecular weight is 284 g/mol. The molecule has 0 atom stereocenters. The minimum Gasteiger partial charge on any atom is -0.170 e. The van der Waals surface area contributed by atoms with E-state index in [0.29, 0.717) is 0 Å². The molecule has 1 aromatic carbocycles. The van der Waals surface area contributed by atoms with Gasteiger partial charge in [0, 0.05) is 0 Å². The van der Waals surface area contributed by atoms with Gasteiger partial charge in [-0.05, 0) is 19.4 Å². The summed E-state index contributed by atoms with van der Waals surface area (Å²) in [7, 11) is 0. The molecule has 0 heterocycles. The van der Waals surface area contributed by atoms with Crippen LogP contribution in [0.4, 0.5) is 26.3 Å². The van der Waals surface area contributed by atoms with E-state index < -0.39 is 17.8 Å². The quantitative estimate of drug-likeness (QED) is 0.600. The predicted molar refractivity (Wildman–Crippen MR) is 62.4 cm³/mol. The van der Waals surface area contributed by atoms with Crippen molar-refractivity contribution in [1.82, 2.24) is 0 Å².